The molecule has 25 heavy (non-hydrogen) atoms. The average Bonchev–Trinajstić information content (AvgIpc) is 3.15. The van der Waals surface area contributed by atoms with Crippen molar-refractivity contribution in [3.63, 3.8) is 0 Å². The van der Waals surface area contributed by atoms with E-state index in [9.17, 15) is 13.2 Å². The highest BCUT2D eigenvalue weighted by molar-refractivity contribution is 7.91. The number of carbonyl (C=O) groups is 1. The molecule has 2 heterocycles. The molecule has 0 N–H and O–H groups in total. The van der Waals surface area contributed by atoms with E-state index in [1.165, 1.54) is 4.80 Å². The minimum Gasteiger partial charge on any atom is -0.337 e. The average molecular weight is 384 g/mol. The Hall–Kier alpha value is -2.00. The lowest BCUT2D eigenvalue weighted by Gasteiger charge is -2.26. The largest absolute Gasteiger partial charge is 0.337 e. The van der Waals surface area contributed by atoms with Crippen molar-refractivity contribution in [3.05, 3.63) is 29.3 Å². The molecule has 134 valence electrons. The highest BCUT2D eigenvalue weighted by Gasteiger charge is 2.34. The number of amides is 1. The Morgan fingerprint density at radius 1 is 1.36 bits per heavy atom. The van der Waals surface area contributed by atoms with Gasteiger partial charge in [0.15, 0.2) is 9.84 Å². The van der Waals surface area contributed by atoms with E-state index in [0.717, 1.165) is 5.56 Å². The van der Waals surface area contributed by atoms with Crippen molar-refractivity contribution < 1.29 is 13.2 Å². The fourth-order valence-corrected chi connectivity index (χ4v) is 4.75. The van der Waals surface area contributed by atoms with Gasteiger partial charge in [-0.25, -0.2) is 8.42 Å². The third-order valence-electron chi connectivity index (χ3n) is 4.14. The van der Waals surface area contributed by atoms with Gasteiger partial charge in [0.25, 0.3) is 0 Å². The van der Waals surface area contributed by atoms with Gasteiger partial charge in [0.2, 0.25) is 11.7 Å². The van der Waals surface area contributed by atoms with Gasteiger partial charge in [-0.2, -0.15) is 4.80 Å². The summed E-state index contributed by atoms with van der Waals surface area (Å²) in [4.78, 5) is 15.3. The number of hydrogen-bond acceptors (Lipinski definition) is 6. The molecule has 1 aliphatic heterocycles. The molecule has 0 bridgehead atoms. The first-order valence-corrected chi connectivity index (χ1v) is 10.1. The SMILES string of the molecule is CCN(C(=O)Cn1nnc(-c2ccc(Cl)cc2)n1)C1CCS(=O)(=O)C1. The second-order valence-corrected chi connectivity index (χ2v) is 8.55. The maximum absolute atomic E-state index is 12.5. The van der Waals surface area contributed by atoms with Gasteiger partial charge in [-0.15, -0.1) is 10.2 Å². The quantitative estimate of drug-likeness (QED) is 0.764. The Labute approximate surface area is 150 Å². The first kappa shape index (κ1) is 17.8. The second kappa shape index (κ2) is 7.09. The third-order valence-corrected chi connectivity index (χ3v) is 6.14. The maximum Gasteiger partial charge on any atom is 0.246 e. The molecule has 1 unspecified atom stereocenters. The predicted octanol–water partition coefficient (Wildman–Crippen LogP) is 1.03. The lowest BCUT2D eigenvalue weighted by Crippen LogP contribution is -2.42. The van der Waals surface area contributed by atoms with Gasteiger partial charge in [0, 0.05) is 23.2 Å². The summed E-state index contributed by atoms with van der Waals surface area (Å²) in [6.07, 6.45) is 0.475. The second-order valence-electron chi connectivity index (χ2n) is 5.89. The van der Waals surface area contributed by atoms with Crippen molar-refractivity contribution in [2.24, 2.45) is 0 Å². The van der Waals surface area contributed by atoms with Crippen molar-refractivity contribution >= 4 is 27.3 Å². The molecule has 1 amide bonds. The number of halogens is 1. The third kappa shape index (κ3) is 4.16. The Bertz CT molecular complexity index is 866. The van der Waals surface area contributed by atoms with Gasteiger partial charge in [-0.3, -0.25) is 4.79 Å². The van der Waals surface area contributed by atoms with Crippen molar-refractivity contribution in [1.82, 2.24) is 25.1 Å². The Morgan fingerprint density at radius 2 is 2.08 bits per heavy atom. The van der Waals surface area contributed by atoms with Crippen LogP contribution < -0.4 is 0 Å². The minimum absolute atomic E-state index is 0.0212. The van der Waals surface area contributed by atoms with Crippen LogP contribution in [0.2, 0.25) is 5.02 Å². The van der Waals surface area contributed by atoms with Gasteiger partial charge in [0.1, 0.15) is 6.54 Å². The van der Waals surface area contributed by atoms with Crippen molar-refractivity contribution in [3.8, 4) is 11.4 Å². The van der Waals surface area contributed by atoms with E-state index in [1.54, 1.807) is 29.2 Å². The number of sulfone groups is 1. The van der Waals surface area contributed by atoms with E-state index in [1.807, 2.05) is 6.92 Å². The van der Waals surface area contributed by atoms with E-state index in [4.69, 9.17) is 11.6 Å². The van der Waals surface area contributed by atoms with Crippen LogP contribution in [0.5, 0.6) is 0 Å². The van der Waals surface area contributed by atoms with E-state index in [-0.39, 0.29) is 30.0 Å². The van der Waals surface area contributed by atoms with Crippen LogP contribution in [0.4, 0.5) is 0 Å². The molecule has 1 atom stereocenters. The zero-order chi connectivity index (χ0) is 18.0. The highest BCUT2D eigenvalue weighted by Crippen LogP contribution is 2.19. The summed E-state index contributed by atoms with van der Waals surface area (Å²) in [7, 11) is -3.05. The summed E-state index contributed by atoms with van der Waals surface area (Å²) in [5, 5.41) is 12.7. The number of tetrazole rings is 1. The van der Waals surface area contributed by atoms with Crippen molar-refractivity contribution in [1.29, 1.82) is 0 Å². The molecule has 0 saturated carbocycles. The summed E-state index contributed by atoms with van der Waals surface area (Å²) in [5.74, 6) is 0.331. The molecule has 3 rings (SSSR count). The molecule has 1 saturated heterocycles. The molecule has 0 aliphatic carbocycles. The first-order valence-electron chi connectivity index (χ1n) is 7.91. The Morgan fingerprint density at radius 3 is 2.68 bits per heavy atom. The summed E-state index contributed by atoms with van der Waals surface area (Å²) >= 11 is 5.85. The summed E-state index contributed by atoms with van der Waals surface area (Å²) in [5.41, 5.74) is 0.748. The fourth-order valence-electron chi connectivity index (χ4n) is 2.90. The molecule has 8 nitrogen and oxygen atoms in total. The van der Waals surface area contributed by atoms with Crippen LogP contribution in [0.15, 0.2) is 24.3 Å². The number of nitrogens with zero attached hydrogens (tertiary/aromatic N) is 5. The lowest BCUT2D eigenvalue weighted by atomic mass is 10.2. The van der Waals surface area contributed by atoms with Gasteiger partial charge >= 0.3 is 0 Å². The smallest absolute Gasteiger partial charge is 0.246 e. The van der Waals surface area contributed by atoms with Crippen molar-refractivity contribution in [2.75, 3.05) is 18.1 Å². The fraction of sp³-hybridized carbons (Fsp3) is 0.467. The van der Waals surface area contributed by atoms with Gasteiger partial charge < -0.3 is 4.90 Å². The minimum atomic E-state index is -3.05. The Balaban J connectivity index is 1.69. The lowest BCUT2D eigenvalue weighted by molar-refractivity contribution is -0.133. The Kier molecular flexibility index (Phi) is 5.05. The molecule has 1 fully saturated rings. The maximum atomic E-state index is 12.5. The molecule has 10 heteroatoms. The molecule has 1 aromatic carbocycles. The monoisotopic (exact) mass is 383 g/mol. The molecule has 1 aliphatic rings. The number of aromatic nitrogens is 4. The van der Waals surface area contributed by atoms with Gasteiger partial charge in [-0.05, 0) is 42.8 Å². The van der Waals surface area contributed by atoms with Crippen LogP contribution in [0, 0.1) is 0 Å². The van der Waals surface area contributed by atoms with Crippen LogP contribution in [0.3, 0.4) is 0 Å². The summed E-state index contributed by atoms with van der Waals surface area (Å²) in [6, 6.07) is 6.71. The molecule has 0 radical (unpaired) electrons. The number of likely N-dealkylation sites (N-methyl/N-ethyl adjacent to an activating group) is 1. The zero-order valence-corrected chi connectivity index (χ0v) is 15.2. The number of rotatable bonds is 5. The highest BCUT2D eigenvalue weighted by atomic mass is 35.5. The zero-order valence-electron chi connectivity index (χ0n) is 13.7. The van der Waals surface area contributed by atoms with E-state index in [2.05, 4.69) is 15.4 Å². The summed E-state index contributed by atoms with van der Waals surface area (Å²) in [6.45, 7) is 2.19. The first-order chi connectivity index (χ1) is 11.9. The predicted molar refractivity (Wildman–Crippen MR) is 92.7 cm³/mol. The van der Waals surface area contributed by atoms with E-state index in [0.29, 0.717) is 23.8 Å². The normalized spacial score (nSPS) is 19.0. The molecular weight excluding hydrogens is 366 g/mol. The van der Waals surface area contributed by atoms with Crippen LogP contribution >= 0.6 is 11.6 Å². The van der Waals surface area contributed by atoms with E-state index < -0.39 is 9.84 Å². The van der Waals surface area contributed by atoms with Crippen LogP contribution in [-0.2, 0) is 21.2 Å². The van der Waals surface area contributed by atoms with Gasteiger partial charge in [-0.1, -0.05) is 11.6 Å². The standard InChI is InChI=1S/C15H18ClN5O3S/c1-2-20(13-7-8-25(23,24)10-13)14(22)9-21-18-15(17-19-21)11-3-5-12(16)6-4-11/h3-6,13H,2,7-10H2,1H3. The molecular formula is C15H18ClN5O3S. The topological polar surface area (TPSA) is 98.1 Å². The van der Waals surface area contributed by atoms with Crippen LogP contribution in [-0.4, -0.2) is 63.5 Å². The van der Waals surface area contributed by atoms with Gasteiger partial charge in [0.05, 0.1) is 11.5 Å². The van der Waals surface area contributed by atoms with Crippen LogP contribution in [0.1, 0.15) is 13.3 Å². The van der Waals surface area contributed by atoms with E-state index >= 15 is 0 Å². The van der Waals surface area contributed by atoms with Crippen molar-refractivity contribution in [2.45, 2.75) is 25.9 Å². The summed E-state index contributed by atoms with van der Waals surface area (Å²) < 4.78 is 23.3. The molecule has 2 aromatic rings. The number of carbonyl (C=O) groups excluding carboxylic acids is 1. The molecule has 1 aromatic heterocycles. The van der Waals surface area contributed by atoms with Crippen LogP contribution in [0.25, 0.3) is 11.4 Å². The number of hydrogen-bond donors (Lipinski definition) is 0. The molecule has 0 spiro atoms. The number of benzene rings is 1.